The van der Waals surface area contributed by atoms with Crippen molar-refractivity contribution in [3.8, 4) is 0 Å². The highest BCUT2D eigenvalue weighted by atomic mass is 35.6. The first-order chi connectivity index (χ1) is 6.39. The Balaban J connectivity index is 2.79. The van der Waals surface area contributed by atoms with Crippen LogP contribution >= 0.6 is 34.8 Å². The Morgan fingerprint density at radius 1 is 1.07 bits per heavy atom. The van der Waals surface area contributed by atoms with Crippen molar-refractivity contribution < 1.29 is 0 Å². The van der Waals surface area contributed by atoms with Gasteiger partial charge in [0.1, 0.15) is 0 Å². The number of alkyl halides is 3. The summed E-state index contributed by atoms with van der Waals surface area (Å²) < 4.78 is -1.32. The normalized spacial score (nSPS) is 12.1. The van der Waals surface area contributed by atoms with Crippen LogP contribution in [-0.2, 0) is 3.79 Å². The average Bonchev–Trinajstić information content (AvgIpc) is 2.02. The van der Waals surface area contributed by atoms with Crippen LogP contribution < -0.4 is 0 Å². The zero-order valence-corrected chi connectivity index (χ0v) is 10.4. The molecule has 0 atom stereocenters. The maximum Gasteiger partial charge on any atom is 0.216 e. The molecule has 0 unspecified atom stereocenters. The molecular formula is C11H12Cl3. The highest BCUT2D eigenvalue weighted by Gasteiger charge is 2.21. The number of hydrogen-bond acceptors (Lipinski definition) is 0. The molecule has 0 fully saturated rings. The molecule has 0 spiro atoms. The van der Waals surface area contributed by atoms with Crippen LogP contribution in [0, 0.1) is 12.3 Å². The van der Waals surface area contributed by atoms with Crippen LogP contribution in [0.5, 0.6) is 0 Å². The van der Waals surface area contributed by atoms with E-state index in [4.69, 9.17) is 34.8 Å². The third kappa shape index (κ3) is 3.68. The number of halogens is 3. The minimum absolute atomic E-state index is 0.522. The molecule has 1 aromatic rings. The Kier molecular flexibility index (Phi) is 4.12. The number of hydrogen-bond donors (Lipinski definition) is 0. The van der Waals surface area contributed by atoms with Crippen molar-refractivity contribution in [1.82, 2.24) is 0 Å². The zero-order chi connectivity index (χ0) is 10.8. The summed E-state index contributed by atoms with van der Waals surface area (Å²) in [5, 5.41) is 0. The second-order valence-electron chi connectivity index (χ2n) is 3.53. The molecule has 0 aliphatic rings. The quantitative estimate of drug-likeness (QED) is 0.666. The first-order valence-electron chi connectivity index (χ1n) is 4.42. The van der Waals surface area contributed by atoms with Crippen LogP contribution in [0.3, 0.4) is 0 Å². The summed E-state index contributed by atoms with van der Waals surface area (Å²) in [6, 6.07) is 7.58. The average molecular weight is 251 g/mol. The van der Waals surface area contributed by atoms with Gasteiger partial charge in [-0.25, -0.2) is 0 Å². The van der Waals surface area contributed by atoms with Crippen LogP contribution in [0.1, 0.15) is 25.0 Å². The molecule has 0 N–H and O–H groups in total. The van der Waals surface area contributed by atoms with Crippen molar-refractivity contribution in [1.29, 1.82) is 0 Å². The molecule has 0 bridgehead atoms. The van der Waals surface area contributed by atoms with E-state index < -0.39 is 3.79 Å². The Hall–Kier alpha value is 0.0900. The van der Waals surface area contributed by atoms with Crippen LogP contribution in [0.2, 0.25) is 0 Å². The Labute approximate surface area is 100 Å². The minimum atomic E-state index is -1.32. The zero-order valence-electron chi connectivity index (χ0n) is 8.10. The molecule has 0 saturated carbocycles. The summed E-state index contributed by atoms with van der Waals surface area (Å²) >= 11 is 17.2. The van der Waals surface area contributed by atoms with Crippen LogP contribution in [0.15, 0.2) is 24.3 Å². The van der Waals surface area contributed by atoms with Crippen molar-refractivity contribution in [3.05, 3.63) is 41.8 Å². The lowest BCUT2D eigenvalue weighted by atomic mass is 10.0. The third-order valence-corrected chi connectivity index (χ3v) is 2.42. The van der Waals surface area contributed by atoms with E-state index in [1.54, 1.807) is 0 Å². The SMILES string of the molecule is CC(C)[CH]c1ccc(C(Cl)(Cl)Cl)cc1. The molecule has 1 aromatic carbocycles. The summed E-state index contributed by atoms with van der Waals surface area (Å²) in [6.45, 7) is 4.26. The van der Waals surface area contributed by atoms with E-state index in [1.807, 2.05) is 24.3 Å². The van der Waals surface area contributed by atoms with Gasteiger partial charge in [-0.05, 0) is 17.9 Å². The minimum Gasteiger partial charge on any atom is -0.0784 e. The second-order valence-corrected chi connectivity index (χ2v) is 5.81. The lowest BCUT2D eigenvalue weighted by Crippen LogP contribution is -2.00. The topological polar surface area (TPSA) is 0 Å². The summed E-state index contributed by atoms with van der Waals surface area (Å²) in [7, 11) is 0. The van der Waals surface area contributed by atoms with Crippen molar-refractivity contribution >= 4 is 34.8 Å². The lowest BCUT2D eigenvalue weighted by Gasteiger charge is -2.12. The summed E-state index contributed by atoms with van der Waals surface area (Å²) in [6.07, 6.45) is 2.15. The molecular weight excluding hydrogens is 238 g/mol. The van der Waals surface area contributed by atoms with E-state index in [1.165, 1.54) is 0 Å². The molecule has 1 rings (SSSR count). The molecule has 0 amide bonds. The maximum atomic E-state index is 5.74. The van der Waals surface area contributed by atoms with Crippen molar-refractivity contribution in [2.24, 2.45) is 5.92 Å². The predicted molar refractivity (Wildman–Crippen MR) is 63.9 cm³/mol. The van der Waals surface area contributed by atoms with Crippen molar-refractivity contribution in [2.75, 3.05) is 0 Å². The molecule has 0 aliphatic heterocycles. The molecule has 77 valence electrons. The predicted octanol–water partition coefficient (Wildman–Crippen LogP) is 4.72. The fraction of sp³-hybridized carbons (Fsp3) is 0.364. The fourth-order valence-electron chi connectivity index (χ4n) is 1.17. The van der Waals surface area contributed by atoms with Gasteiger partial charge in [0.2, 0.25) is 3.79 Å². The first-order valence-corrected chi connectivity index (χ1v) is 5.55. The van der Waals surface area contributed by atoms with Gasteiger partial charge in [-0.3, -0.25) is 0 Å². The van der Waals surface area contributed by atoms with Crippen molar-refractivity contribution in [3.63, 3.8) is 0 Å². The van der Waals surface area contributed by atoms with Gasteiger partial charge in [-0.1, -0.05) is 72.9 Å². The molecule has 0 heterocycles. The standard InChI is InChI=1S/C11H12Cl3/c1-8(2)7-9-3-5-10(6-4-9)11(12,13)14/h3-8H,1-2H3. The first kappa shape index (κ1) is 12.2. The fourth-order valence-corrected chi connectivity index (χ4v) is 1.55. The van der Waals surface area contributed by atoms with Gasteiger partial charge in [0.15, 0.2) is 0 Å². The molecule has 0 aliphatic carbocycles. The Morgan fingerprint density at radius 3 is 1.93 bits per heavy atom. The van der Waals surface area contributed by atoms with E-state index in [0.717, 1.165) is 5.56 Å². The van der Waals surface area contributed by atoms with Crippen LogP contribution in [0.25, 0.3) is 0 Å². The van der Waals surface area contributed by atoms with Gasteiger partial charge in [0, 0.05) is 5.56 Å². The monoisotopic (exact) mass is 249 g/mol. The summed E-state index contributed by atoms with van der Waals surface area (Å²) in [5.41, 5.74) is 1.85. The van der Waals surface area contributed by atoms with Gasteiger partial charge in [0.05, 0.1) is 0 Å². The molecule has 1 radical (unpaired) electrons. The highest BCUT2D eigenvalue weighted by Crippen LogP contribution is 2.38. The van der Waals surface area contributed by atoms with E-state index in [0.29, 0.717) is 11.5 Å². The highest BCUT2D eigenvalue weighted by molar-refractivity contribution is 6.66. The Bertz CT molecular complexity index is 282. The van der Waals surface area contributed by atoms with Crippen LogP contribution in [0.4, 0.5) is 0 Å². The largest absolute Gasteiger partial charge is 0.216 e. The van der Waals surface area contributed by atoms with Gasteiger partial charge in [-0.2, -0.15) is 0 Å². The van der Waals surface area contributed by atoms with Crippen molar-refractivity contribution in [2.45, 2.75) is 17.6 Å². The van der Waals surface area contributed by atoms with Gasteiger partial charge >= 0.3 is 0 Å². The van der Waals surface area contributed by atoms with E-state index in [-0.39, 0.29) is 0 Å². The maximum absolute atomic E-state index is 5.74. The van der Waals surface area contributed by atoms with Gasteiger partial charge in [-0.15, -0.1) is 0 Å². The molecule has 14 heavy (non-hydrogen) atoms. The van der Waals surface area contributed by atoms with Crippen LogP contribution in [-0.4, -0.2) is 0 Å². The van der Waals surface area contributed by atoms with Gasteiger partial charge in [0.25, 0.3) is 0 Å². The third-order valence-electron chi connectivity index (χ3n) is 1.76. The summed E-state index contributed by atoms with van der Waals surface area (Å²) in [4.78, 5) is 0. The molecule has 3 heteroatoms. The summed E-state index contributed by atoms with van der Waals surface area (Å²) in [5.74, 6) is 0.522. The number of benzene rings is 1. The van der Waals surface area contributed by atoms with Gasteiger partial charge < -0.3 is 0 Å². The number of rotatable bonds is 2. The van der Waals surface area contributed by atoms with E-state index in [9.17, 15) is 0 Å². The molecule has 0 aromatic heterocycles. The smallest absolute Gasteiger partial charge is 0.0784 e. The van der Waals surface area contributed by atoms with E-state index in [2.05, 4.69) is 20.3 Å². The molecule has 0 saturated heterocycles. The molecule has 0 nitrogen and oxygen atoms in total. The van der Waals surface area contributed by atoms with E-state index >= 15 is 0 Å². The Morgan fingerprint density at radius 2 is 1.57 bits per heavy atom. The lowest BCUT2D eigenvalue weighted by molar-refractivity contribution is 0.776. The second kappa shape index (κ2) is 4.74.